The van der Waals surface area contributed by atoms with E-state index in [2.05, 4.69) is 35.8 Å². The first-order valence-electron chi connectivity index (χ1n) is 7.71. The Morgan fingerprint density at radius 2 is 2.24 bits per heavy atom. The van der Waals surface area contributed by atoms with Crippen LogP contribution in [-0.4, -0.2) is 4.57 Å². The highest BCUT2D eigenvalue weighted by atomic mass is 79.9. The van der Waals surface area contributed by atoms with Crippen LogP contribution in [0.25, 0.3) is 11.1 Å². The van der Waals surface area contributed by atoms with Crippen LogP contribution < -0.4 is 5.76 Å². The fourth-order valence-electron chi connectivity index (χ4n) is 3.68. The van der Waals surface area contributed by atoms with E-state index in [0.29, 0.717) is 28.3 Å². The van der Waals surface area contributed by atoms with Gasteiger partial charge in [-0.15, -0.1) is 0 Å². The van der Waals surface area contributed by atoms with Gasteiger partial charge in [-0.05, 0) is 48.8 Å². The molecule has 0 spiro atoms. The third-order valence-electron chi connectivity index (χ3n) is 5.02. The number of aryl methyl sites for hydroxylation is 1. The quantitative estimate of drug-likeness (QED) is 0.738. The Hall–Kier alpha value is -1.03. The molecule has 2 atom stereocenters. The first-order valence-corrected chi connectivity index (χ1v) is 8.63. The van der Waals surface area contributed by atoms with Gasteiger partial charge in [-0.2, -0.15) is 0 Å². The molecule has 0 saturated heterocycles. The van der Waals surface area contributed by atoms with Crippen molar-refractivity contribution < 1.29 is 4.42 Å². The summed E-state index contributed by atoms with van der Waals surface area (Å²) < 4.78 is 7.05. The van der Waals surface area contributed by atoms with Crippen molar-refractivity contribution in [3.8, 4) is 0 Å². The van der Waals surface area contributed by atoms with Gasteiger partial charge in [0.2, 0.25) is 0 Å². The Kier molecular flexibility index (Phi) is 3.76. The molecule has 21 heavy (non-hydrogen) atoms. The number of halogens is 1. The van der Waals surface area contributed by atoms with Crippen LogP contribution in [0.5, 0.6) is 0 Å². The van der Waals surface area contributed by atoms with Crippen molar-refractivity contribution in [1.82, 2.24) is 4.57 Å². The number of fused-ring (bicyclic) bond motifs is 1. The molecule has 1 heterocycles. The van der Waals surface area contributed by atoms with Crippen LogP contribution in [0.4, 0.5) is 0 Å². The van der Waals surface area contributed by atoms with Gasteiger partial charge in [0.25, 0.3) is 0 Å². The van der Waals surface area contributed by atoms with E-state index in [1.807, 2.05) is 19.1 Å². The number of nitrogens with zero attached hydrogens (tertiary/aromatic N) is 1. The Labute approximate surface area is 133 Å². The monoisotopic (exact) mass is 351 g/mol. The zero-order valence-electron chi connectivity index (χ0n) is 12.9. The zero-order valence-corrected chi connectivity index (χ0v) is 14.4. The minimum atomic E-state index is -0.267. The van der Waals surface area contributed by atoms with Gasteiger partial charge in [0.05, 0.1) is 5.52 Å². The summed E-state index contributed by atoms with van der Waals surface area (Å²) in [6, 6.07) is 6.16. The second-order valence-electron chi connectivity index (χ2n) is 6.73. The fourth-order valence-corrected chi connectivity index (χ4v) is 4.95. The van der Waals surface area contributed by atoms with Crippen LogP contribution in [0, 0.1) is 11.3 Å². The van der Waals surface area contributed by atoms with E-state index in [1.165, 1.54) is 24.8 Å². The molecule has 114 valence electrons. The van der Waals surface area contributed by atoms with Crippen LogP contribution in [0.3, 0.4) is 0 Å². The lowest BCUT2D eigenvalue weighted by atomic mass is 9.78. The van der Waals surface area contributed by atoms with Crippen LogP contribution in [0.2, 0.25) is 0 Å². The Morgan fingerprint density at radius 3 is 2.86 bits per heavy atom. The molecular formula is C17H22BrNO2. The average Bonchev–Trinajstić information content (AvgIpc) is 2.95. The summed E-state index contributed by atoms with van der Waals surface area (Å²) >= 11 is 3.89. The number of oxazole rings is 1. The Bertz CT molecular complexity index is 713. The van der Waals surface area contributed by atoms with Crippen molar-refractivity contribution >= 4 is 27.0 Å². The van der Waals surface area contributed by atoms with Crippen LogP contribution in [0.15, 0.2) is 27.4 Å². The number of alkyl halides is 1. The van der Waals surface area contributed by atoms with Crippen molar-refractivity contribution in [3.63, 3.8) is 0 Å². The van der Waals surface area contributed by atoms with Crippen LogP contribution >= 0.6 is 15.9 Å². The number of rotatable bonds is 3. The molecule has 0 bridgehead atoms. The smallest absolute Gasteiger partial charge is 0.408 e. The second-order valence-corrected chi connectivity index (χ2v) is 7.71. The summed E-state index contributed by atoms with van der Waals surface area (Å²) in [5.74, 6) is 0.354. The molecule has 1 aromatic carbocycles. The van der Waals surface area contributed by atoms with E-state index in [0.717, 1.165) is 5.52 Å². The summed E-state index contributed by atoms with van der Waals surface area (Å²) in [6.45, 7) is 7.30. The van der Waals surface area contributed by atoms with E-state index in [1.54, 1.807) is 4.57 Å². The molecule has 2 unspecified atom stereocenters. The molecule has 3 nitrogen and oxygen atoms in total. The molecule has 1 saturated carbocycles. The van der Waals surface area contributed by atoms with Crippen molar-refractivity contribution in [3.05, 3.63) is 34.3 Å². The van der Waals surface area contributed by atoms with E-state index in [4.69, 9.17) is 4.42 Å². The SMILES string of the molecule is CCn1c(=O)oc2cc(C(Br)C3CCCC3(C)C)ccc21. The minimum absolute atomic E-state index is 0.267. The highest BCUT2D eigenvalue weighted by Gasteiger charge is 2.39. The molecule has 1 aliphatic rings. The maximum atomic E-state index is 11.8. The maximum absolute atomic E-state index is 11.8. The summed E-state index contributed by atoms with van der Waals surface area (Å²) in [5.41, 5.74) is 3.15. The van der Waals surface area contributed by atoms with Gasteiger partial charge in [0.15, 0.2) is 5.58 Å². The van der Waals surface area contributed by atoms with Gasteiger partial charge in [-0.1, -0.05) is 42.3 Å². The number of aromatic nitrogens is 1. The zero-order chi connectivity index (χ0) is 15.2. The van der Waals surface area contributed by atoms with Gasteiger partial charge >= 0.3 is 5.76 Å². The first-order chi connectivity index (χ1) is 9.94. The summed E-state index contributed by atoms with van der Waals surface area (Å²) in [7, 11) is 0. The molecule has 2 aromatic rings. The van der Waals surface area contributed by atoms with Crippen molar-refractivity contribution in [2.24, 2.45) is 11.3 Å². The average molecular weight is 352 g/mol. The van der Waals surface area contributed by atoms with Crippen LogP contribution in [0.1, 0.15) is 50.4 Å². The molecule has 0 radical (unpaired) electrons. The molecule has 4 heteroatoms. The van der Waals surface area contributed by atoms with Crippen molar-refractivity contribution in [1.29, 1.82) is 0 Å². The normalized spacial score (nSPS) is 22.8. The predicted octanol–water partition coefficient (Wildman–Crippen LogP) is 4.88. The number of hydrogen-bond acceptors (Lipinski definition) is 2. The fraction of sp³-hybridized carbons (Fsp3) is 0.588. The van der Waals surface area contributed by atoms with Gasteiger partial charge in [-0.25, -0.2) is 4.79 Å². The molecule has 0 N–H and O–H groups in total. The van der Waals surface area contributed by atoms with Crippen LogP contribution in [-0.2, 0) is 6.54 Å². The number of hydrogen-bond donors (Lipinski definition) is 0. The molecule has 0 amide bonds. The van der Waals surface area contributed by atoms with Gasteiger partial charge in [-0.3, -0.25) is 4.57 Å². The molecule has 3 rings (SSSR count). The molecule has 1 aromatic heterocycles. The summed E-state index contributed by atoms with van der Waals surface area (Å²) in [4.78, 5) is 12.1. The highest BCUT2D eigenvalue weighted by Crippen LogP contribution is 2.52. The topological polar surface area (TPSA) is 35.1 Å². The molecular weight excluding hydrogens is 330 g/mol. The summed E-state index contributed by atoms with van der Waals surface area (Å²) in [5, 5.41) is 0. The number of benzene rings is 1. The molecule has 1 aliphatic carbocycles. The standard InChI is InChI=1S/C17H22BrNO2/c1-4-19-13-8-7-11(10-14(13)21-16(19)20)15(18)12-6-5-9-17(12,2)3/h7-8,10,12,15H,4-6,9H2,1-3H3. The third kappa shape index (κ3) is 2.48. The lowest BCUT2D eigenvalue weighted by molar-refractivity contribution is 0.257. The Balaban J connectivity index is 1.99. The maximum Gasteiger partial charge on any atom is 0.419 e. The summed E-state index contributed by atoms with van der Waals surface area (Å²) in [6.07, 6.45) is 3.83. The molecule has 0 aliphatic heterocycles. The van der Waals surface area contributed by atoms with Gasteiger partial charge in [0, 0.05) is 11.4 Å². The lowest BCUT2D eigenvalue weighted by Gasteiger charge is -2.31. The molecule has 1 fully saturated rings. The van der Waals surface area contributed by atoms with Gasteiger partial charge in [0.1, 0.15) is 0 Å². The van der Waals surface area contributed by atoms with Crippen molar-refractivity contribution in [2.45, 2.75) is 51.4 Å². The highest BCUT2D eigenvalue weighted by molar-refractivity contribution is 9.09. The van der Waals surface area contributed by atoms with E-state index < -0.39 is 0 Å². The van der Waals surface area contributed by atoms with E-state index >= 15 is 0 Å². The van der Waals surface area contributed by atoms with Gasteiger partial charge < -0.3 is 4.42 Å². The predicted molar refractivity (Wildman–Crippen MR) is 88.9 cm³/mol. The second kappa shape index (κ2) is 5.31. The third-order valence-corrected chi connectivity index (χ3v) is 6.19. The van der Waals surface area contributed by atoms with E-state index in [-0.39, 0.29) is 5.76 Å². The lowest BCUT2D eigenvalue weighted by Crippen LogP contribution is -2.21. The largest absolute Gasteiger partial charge is 0.419 e. The minimum Gasteiger partial charge on any atom is -0.408 e. The Morgan fingerprint density at radius 1 is 1.48 bits per heavy atom. The first kappa shape index (κ1) is 14.9. The van der Waals surface area contributed by atoms with Crippen molar-refractivity contribution in [2.75, 3.05) is 0 Å². The van der Waals surface area contributed by atoms with E-state index in [9.17, 15) is 4.79 Å².